The molecule has 1 aromatic heterocycles. The summed E-state index contributed by atoms with van der Waals surface area (Å²) in [4.78, 5) is 18.8. The Morgan fingerprint density at radius 2 is 1.93 bits per heavy atom. The van der Waals surface area contributed by atoms with Gasteiger partial charge in [-0.05, 0) is 54.6 Å². The third-order valence-electron chi connectivity index (χ3n) is 5.79. The van der Waals surface area contributed by atoms with Gasteiger partial charge in [0, 0.05) is 11.6 Å². The fraction of sp³-hybridized carbons (Fsp3) is 0.333. The first kappa shape index (κ1) is 18.6. The summed E-state index contributed by atoms with van der Waals surface area (Å²) in [5.41, 5.74) is 4.42. The van der Waals surface area contributed by atoms with Crippen molar-refractivity contribution in [3.05, 3.63) is 77.5 Å². The summed E-state index contributed by atoms with van der Waals surface area (Å²) in [6, 6.07) is 18.3. The van der Waals surface area contributed by atoms with Crippen LogP contribution in [0.2, 0.25) is 0 Å². The molecule has 0 bridgehead atoms. The highest BCUT2D eigenvalue weighted by molar-refractivity contribution is 5.79. The Hall–Kier alpha value is -2.72. The third kappa shape index (κ3) is 3.65. The lowest BCUT2D eigenvalue weighted by Crippen LogP contribution is -2.46. The number of pyridine rings is 1. The van der Waals surface area contributed by atoms with E-state index in [9.17, 15) is 9.90 Å². The summed E-state index contributed by atoms with van der Waals surface area (Å²) in [7, 11) is 0. The van der Waals surface area contributed by atoms with Gasteiger partial charge in [-0.15, -0.1) is 0 Å². The number of aliphatic carboxylic acids is 1. The first-order chi connectivity index (χ1) is 13.7. The molecule has 2 heterocycles. The van der Waals surface area contributed by atoms with Gasteiger partial charge in [-0.3, -0.25) is 14.7 Å². The summed E-state index contributed by atoms with van der Waals surface area (Å²) >= 11 is 0. The Bertz CT molecular complexity index is 968. The molecular formula is C24H26N2O2. The van der Waals surface area contributed by atoms with Gasteiger partial charge in [0.05, 0.1) is 11.6 Å². The zero-order valence-corrected chi connectivity index (χ0v) is 16.2. The van der Waals surface area contributed by atoms with Gasteiger partial charge in [0.1, 0.15) is 6.04 Å². The number of para-hydroxylation sites is 1. The number of piperidine rings is 1. The standard InChI is InChI=1S/C24H26N2O2/c1-2-17-10-12-18(13-11-17)23(26-14-6-5-9-22(26)24(27)28)20-15-19-7-3-4-8-21(19)25-16-20/h3-4,7-8,10-13,15-16,22-23H,2,5-6,9,14H2,1H3,(H,27,28). The fourth-order valence-electron chi connectivity index (χ4n) is 4.28. The second kappa shape index (κ2) is 8.11. The molecule has 3 aromatic rings. The van der Waals surface area contributed by atoms with Gasteiger partial charge in [-0.25, -0.2) is 0 Å². The Labute approximate surface area is 165 Å². The van der Waals surface area contributed by atoms with E-state index in [2.05, 4.69) is 53.2 Å². The van der Waals surface area contributed by atoms with Gasteiger partial charge in [0.15, 0.2) is 0 Å². The molecule has 2 atom stereocenters. The summed E-state index contributed by atoms with van der Waals surface area (Å²) in [6.07, 6.45) is 5.58. The average Bonchev–Trinajstić information content (AvgIpc) is 2.74. The molecule has 0 aliphatic carbocycles. The molecule has 2 aromatic carbocycles. The van der Waals surface area contributed by atoms with Crippen molar-refractivity contribution in [3.63, 3.8) is 0 Å². The number of carboxylic acids is 1. The monoisotopic (exact) mass is 374 g/mol. The van der Waals surface area contributed by atoms with Crippen LogP contribution in [0.25, 0.3) is 10.9 Å². The quantitative estimate of drug-likeness (QED) is 0.695. The van der Waals surface area contributed by atoms with E-state index in [0.29, 0.717) is 6.42 Å². The third-order valence-corrected chi connectivity index (χ3v) is 5.79. The van der Waals surface area contributed by atoms with Gasteiger partial charge in [-0.1, -0.05) is 55.8 Å². The first-order valence-electron chi connectivity index (χ1n) is 10.1. The predicted molar refractivity (Wildman–Crippen MR) is 111 cm³/mol. The van der Waals surface area contributed by atoms with Crippen LogP contribution in [0.1, 0.15) is 48.9 Å². The predicted octanol–water partition coefficient (Wildman–Crippen LogP) is 4.83. The van der Waals surface area contributed by atoms with Crippen LogP contribution >= 0.6 is 0 Å². The minimum atomic E-state index is -0.733. The zero-order chi connectivity index (χ0) is 19.5. The number of aromatic nitrogens is 1. The van der Waals surface area contributed by atoms with Crippen LogP contribution in [0.3, 0.4) is 0 Å². The minimum Gasteiger partial charge on any atom is -0.480 e. The molecule has 1 saturated heterocycles. The van der Waals surface area contributed by atoms with Crippen molar-refractivity contribution in [2.75, 3.05) is 6.54 Å². The number of carboxylic acid groups (broad SMARTS) is 1. The van der Waals surface area contributed by atoms with Gasteiger partial charge < -0.3 is 5.11 Å². The molecule has 1 aliphatic heterocycles. The number of benzene rings is 2. The molecular weight excluding hydrogens is 348 g/mol. The van der Waals surface area contributed by atoms with E-state index in [1.54, 1.807) is 0 Å². The fourth-order valence-corrected chi connectivity index (χ4v) is 4.28. The molecule has 28 heavy (non-hydrogen) atoms. The molecule has 0 amide bonds. The van der Waals surface area contributed by atoms with Crippen molar-refractivity contribution >= 4 is 16.9 Å². The Morgan fingerprint density at radius 3 is 2.68 bits per heavy atom. The van der Waals surface area contributed by atoms with Crippen molar-refractivity contribution in [2.24, 2.45) is 0 Å². The first-order valence-corrected chi connectivity index (χ1v) is 10.1. The van der Waals surface area contributed by atoms with E-state index in [0.717, 1.165) is 47.8 Å². The molecule has 1 fully saturated rings. The normalized spacial score (nSPS) is 18.8. The number of aryl methyl sites for hydroxylation is 1. The summed E-state index contributed by atoms with van der Waals surface area (Å²) in [5, 5.41) is 10.9. The topological polar surface area (TPSA) is 53.4 Å². The molecule has 0 saturated carbocycles. The average molecular weight is 374 g/mol. The van der Waals surface area contributed by atoms with Crippen LogP contribution in [-0.2, 0) is 11.2 Å². The Kier molecular flexibility index (Phi) is 5.40. The van der Waals surface area contributed by atoms with Crippen LogP contribution in [-0.4, -0.2) is 33.5 Å². The summed E-state index contributed by atoms with van der Waals surface area (Å²) < 4.78 is 0. The van der Waals surface area contributed by atoms with Crippen molar-refractivity contribution in [3.8, 4) is 0 Å². The van der Waals surface area contributed by atoms with E-state index in [1.165, 1.54) is 5.56 Å². The maximum Gasteiger partial charge on any atom is 0.320 e. The van der Waals surface area contributed by atoms with Crippen molar-refractivity contribution < 1.29 is 9.90 Å². The molecule has 4 nitrogen and oxygen atoms in total. The maximum atomic E-state index is 12.0. The smallest absolute Gasteiger partial charge is 0.320 e. The van der Waals surface area contributed by atoms with Gasteiger partial charge in [0.2, 0.25) is 0 Å². The van der Waals surface area contributed by atoms with E-state index >= 15 is 0 Å². The minimum absolute atomic E-state index is 0.107. The second-order valence-corrected chi connectivity index (χ2v) is 7.55. The highest BCUT2D eigenvalue weighted by Crippen LogP contribution is 2.35. The van der Waals surface area contributed by atoms with Crippen LogP contribution in [0.15, 0.2) is 60.8 Å². The van der Waals surface area contributed by atoms with E-state index < -0.39 is 12.0 Å². The molecule has 144 valence electrons. The maximum absolute atomic E-state index is 12.0. The number of nitrogens with zero attached hydrogens (tertiary/aromatic N) is 2. The summed E-state index contributed by atoms with van der Waals surface area (Å²) in [5.74, 6) is -0.733. The van der Waals surface area contributed by atoms with Crippen LogP contribution in [0.5, 0.6) is 0 Å². The number of carbonyl (C=O) groups is 1. The lowest BCUT2D eigenvalue weighted by molar-refractivity contribution is -0.145. The molecule has 0 spiro atoms. The van der Waals surface area contributed by atoms with Crippen molar-refractivity contribution in [2.45, 2.75) is 44.7 Å². The van der Waals surface area contributed by atoms with Gasteiger partial charge in [0.25, 0.3) is 0 Å². The van der Waals surface area contributed by atoms with Gasteiger partial charge >= 0.3 is 5.97 Å². The largest absolute Gasteiger partial charge is 0.480 e. The van der Waals surface area contributed by atoms with Crippen LogP contribution in [0, 0.1) is 0 Å². The van der Waals surface area contributed by atoms with Crippen LogP contribution in [0.4, 0.5) is 0 Å². The zero-order valence-electron chi connectivity index (χ0n) is 16.2. The number of hydrogen-bond acceptors (Lipinski definition) is 3. The molecule has 1 N–H and O–H groups in total. The SMILES string of the molecule is CCc1ccc(C(c2cnc3ccccc3c2)N2CCCCC2C(=O)O)cc1. The number of likely N-dealkylation sites (tertiary alicyclic amines) is 1. The van der Waals surface area contributed by atoms with Gasteiger partial charge in [-0.2, -0.15) is 0 Å². The van der Waals surface area contributed by atoms with Crippen LogP contribution < -0.4 is 0 Å². The van der Waals surface area contributed by atoms with Crippen molar-refractivity contribution in [1.29, 1.82) is 0 Å². The Balaban J connectivity index is 1.82. The van der Waals surface area contributed by atoms with E-state index in [1.807, 2.05) is 24.4 Å². The van der Waals surface area contributed by atoms with Crippen molar-refractivity contribution in [1.82, 2.24) is 9.88 Å². The number of rotatable bonds is 5. The molecule has 4 rings (SSSR count). The molecule has 1 aliphatic rings. The highest BCUT2D eigenvalue weighted by atomic mass is 16.4. The highest BCUT2D eigenvalue weighted by Gasteiger charge is 2.35. The summed E-state index contributed by atoms with van der Waals surface area (Å²) in [6.45, 7) is 2.93. The molecule has 2 unspecified atom stereocenters. The lowest BCUT2D eigenvalue weighted by Gasteiger charge is -2.39. The Morgan fingerprint density at radius 1 is 1.14 bits per heavy atom. The second-order valence-electron chi connectivity index (χ2n) is 7.55. The lowest BCUT2D eigenvalue weighted by atomic mass is 9.91. The number of fused-ring (bicyclic) bond motifs is 1. The van der Waals surface area contributed by atoms with E-state index in [4.69, 9.17) is 0 Å². The number of hydrogen-bond donors (Lipinski definition) is 1. The van der Waals surface area contributed by atoms with E-state index in [-0.39, 0.29) is 6.04 Å². The molecule has 0 radical (unpaired) electrons. The molecule has 4 heteroatoms.